The lowest BCUT2D eigenvalue weighted by molar-refractivity contribution is 0.136. The highest BCUT2D eigenvalue weighted by Gasteiger charge is 2.20. The van der Waals surface area contributed by atoms with Crippen LogP contribution in [0.25, 0.3) is 31.8 Å². The summed E-state index contributed by atoms with van der Waals surface area (Å²) in [5.74, 6) is -0.593. The molecule has 0 spiro atoms. The number of aromatic nitrogens is 5. The van der Waals surface area contributed by atoms with Gasteiger partial charge in [0.1, 0.15) is 35.4 Å². The smallest absolute Gasteiger partial charge is 0.415 e. The summed E-state index contributed by atoms with van der Waals surface area (Å²) < 4.78 is 36.1. The van der Waals surface area contributed by atoms with Crippen LogP contribution >= 0.6 is 22.9 Å². The highest BCUT2D eigenvalue weighted by molar-refractivity contribution is 7.21. The van der Waals surface area contributed by atoms with Crippen LogP contribution in [-0.2, 0) is 11.3 Å². The fourth-order valence-electron chi connectivity index (χ4n) is 3.49. The number of fused-ring (bicyclic) bond motifs is 2. The average Bonchev–Trinajstić information content (AvgIpc) is 3.55. The van der Waals surface area contributed by atoms with Crippen LogP contribution in [0.5, 0.6) is 11.6 Å². The molecule has 2 N–H and O–H groups in total. The Bertz CT molecular complexity index is 1660. The maximum Gasteiger partial charge on any atom is 0.415 e. The number of aryl methyl sites for hydroxylation is 1. The standard InChI is InChI=1S/C23H18ClFN6O6S/c1-10-5-11(19-12(6-10)27-15(34-2)8-26-19)21-28-20-14(38-21)7-13(18(25)17(20)24)35-3-4-36-23(33)29-22-31-30-16(9-32)37-22/h5-8,32H,3-4,9H2,1-2H3,(H,29,31,33). The summed E-state index contributed by atoms with van der Waals surface area (Å²) in [6, 6.07) is 5.05. The minimum atomic E-state index is -0.895. The number of nitrogens with zero attached hydrogens (tertiary/aromatic N) is 5. The number of amides is 1. The number of carbonyl (C=O) groups is 1. The van der Waals surface area contributed by atoms with Crippen LogP contribution < -0.4 is 14.8 Å². The quantitative estimate of drug-likeness (QED) is 0.257. The molecule has 12 nitrogen and oxygen atoms in total. The van der Waals surface area contributed by atoms with Crippen LogP contribution in [0.1, 0.15) is 11.5 Å². The number of benzene rings is 2. The van der Waals surface area contributed by atoms with Gasteiger partial charge in [-0.25, -0.2) is 29.5 Å². The second-order valence-corrected chi connectivity index (χ2v) is 9.14. The maximum atomic E-state index is 15.0. The zero-order chi connectivity index (χ0) is 26.8. The van der Waals surface area contributed by atoms with E-state index in [4.69, 9.17) is 35.3 Å². The first-order chi connectivity index (χ1) is 18.4. The predicted octanol–water partition coefficient (Wildman–Crippen LogP) is 4.52. The molecule has 5 aromatic rings. The van der Waals surface area contributed by atoms with Gasteiger partial charge < -0.3 is 23.7 Å². The van der Waals surface area contributed by atoms with Gasteiger partial charge in [-0.15, -0.1) is 16.4 Å². The van der Waals surface area contributed by atoms with Crippen molar-refractivity contribution in [1.82, 2.24) is 25.1 Å². The third-order valence-electron chi connectivity index (χ3n) is 5.13. The van der Waals surface area contributed by atoms with E-state index in [-0.39, 0.29) is 41.4 Å². The first-order valence-electron chi connectivity index (χ1n) is 11.0. The van der Waals surface area contributed by atoms with Crippen molar-refractivity contribution in [1.29, 1.82) is 0 Å². The minimum absolute atomic E-state index is 0.0682. The molecule has 0 atom stereocenters. The highest BCUT2D eigenvalue weighted by Crippen LogP contribution is 2.40. The Balaban J connectivity index is 1.32. The molecule has 0 radical (unpaired) electrons. The van der Waals surface area contributed by atoms with Crippen LogP contribution in [0, 0.1) is 12.7 Å². The van der Waals surface area contributed by atoms with Crippen molar-refractivity contribution in [3.8, 4) is 22.2 Å². The van der Waals surface area contributed by atoms with Crippen molar-refractivity contribution in [2.75, 3.05) is 25.6 Å². The summed E-state index contributed by atoms with van der Waals surface area (Å²) in [7, 11) is 1.52. The van der Waals surface area contributed by atoms with E-state index in [2.05, 4.69) is 30.5 Å². The third kappa shape index (κ3) is 5.14. The number of ether oxygens (including phenoxy) is 3. The molecule has 0 aliphatic rings. The van der Waals surface area contributed by atoms with Crippen LogP contribution in [0.4, 0.5) is 15.2 Å². The van der Waals surface area contributed by atoms with Gasteiger partial charge in [0.2, 0.25) is 11.8 Å². The summed E-state index contributed by atoms with van der Waals surface area (Å²) in [5, 5.41) is 18.5. The van der Waals surface area contributed by atoms with Crippen LogP contribution in [0.2, 0.25) is 5.02 Å². The molecule has 3 aromatic heterocycles. The molecular weight excluding hydrogens is 543 g/mol. The molecule has 1 amide bonds. The van der Waals surface area contributed by atoms with E-state index in [1.807, 2.05) is 19.1 Å². The molecule has 2 aromatic carbocycles. The van der Waals surface area contributed by atoms with Gasteiger partial charge in [0, 0.05) is 11.6 Å². The number of methoxy groups -OCH3 is 1. The lowest BCUT2D eigenvalue weighted by Crippen LogP contribution is -2.18. The number of thiazole rings is 1. The molecule has 3 heterocycles. The Morgan fingerprint density at radius 1 is 1.21 bits per heavy atom. The van der Waals surface area contributed by atoms with Gasteiger partial charge in [0.15, 0.2) is 11.6 Å². The second-order valence-electron chi connectivity index (χ2n) is 7.73. The van der Waals surface area contributed by atoms with E-state index in [0.29, 0.717) is 26.6 Å². The van der Waals surface area contributed by atoms with E-state index < -0.39 is 18.5 Å². The lowest BCUT2D eigenvalue weighted by Gasteiger charge is -2.09. The molecule has 0 fully saturated rings. The van der Waals surface area contributed by atoms with Crippen molar-refractivity contribution in [3.05, 3.63) is 46.7 Å². The number of rotatable bonds is 8. The zero-order valence-electron chi connectivity index (χ0n) is 19.8. The fourth-order valence-corrected chi connectivity index (χ4v) is 4.80. The van der Waals surface area contributed by atoms with Gasteiger partial charge in [-0.1, -0.05) is 16.7 Å². The van der Waals surface area contributed by atoms with Crippen molar-refractivity contribution < 1.29 is 32.9 Å². The molecule has 196 valence electrons. The van der Waals surface area contributed by atoms with Crippen molar-refractivity contribution in [2.45, 2.75) is 13.5 Å². The number of aliphatic hydroxyl groups excluding tert-OH is 1. The molecule has 0 aliphatic heterocycles. The molecule has 15 heteroatoms. The first kappa shape index (κ1) is 25.5. The van der Waals surface area contributed by atoms with Crippen molar-refractivity contribution in [2.24, 2.45) is 0 Å². The monoisotopic (exact) mass is 560 g/mol. The number of aliphatic hydroxyl groups is 1. The molecule has 0 bridgehead atoms. The first-order valence-corrected chi connectivity index (χ1v) is 12.2. The van der Waals surface area contributed by atoms with E-state index in [9.17, 15) is 9.18 Å². The Hall–Kier alpha value is -4.14. The molecule has 0 unspecified atom stereocenters. The van der Waals surface area contributed by atoms with Gasteiger partial charge in [-0.2, -0.15) is 0 Å². The molecule has 0 aliphatic carbocycles. The van der Waals surface area contributed by atoms with E-state index in [0.717, 1.165) is 11.1 Å². The molecule has 38 heavy (non-hydrogen) atoms. The Morgan fingerprint density at radius 3 is 2.82 bits per heavy atom. The van der Waals surface area contributed by atoms with E-state index >= 15 is 0 Å². The summed E-state index contributed by atoms with van der Waals surface area (Å²) in [4.78, 5) is 25.3. The van der Waals surface area contributed by atoms with Gasteiger partial charge >= 0.3 is 12.1 Å². The third-order valence-corrected chi connectivity index (χ3v) is 6.51. The van der Waals surface area contributed by atoms with Crippen LogP contribution in [0.3, 0.4) is 0 Å². The van der Waals surface area contributed by atoms with Gasteiger partial charge in [-0.3, -0.25) is 0 Å². The maximum absolute atomic E-state index is 15.0. The van der Waals surface area contributed by atoms with Gasteiger partial charge in [-0.05, 0) is 24.6 Å². The molecule has 0 saturated heterocycles. The van der Waals surface area contributed by atoms with Crippen LogP contribution in [0.15, 0.2) is 28.8 Å². The number of carbonyl (C=O) groups excluding carboxylic acids is 1. The van der Waals surface area contributed by atoms with Crippen molar-refractivity contribution >= 4 is 56.3 Å². The van der Waals surface area contributed by atoms with Crippen LogP contribution in [-0.4, -0.2) is 56.7 Å². The van der Waals surface area contributed by atoms with E-state index in [1.165, 1.54) is 30.7 Å². The summed E-state index contributed by atoms with van der Waals surface area (Å²) in [6.45, 7) is 1.08. The SMILES string of the molecule is COc1cnc2c(-c3nc4c(Cl)c(F)c(OCCOC(=O)Nc5nnc(CO)o5)cc4s3)cc(C)cc2n1. The molecular formula is C23H18ClFN6O6S. The van der Waals surface area contributed by atoms with Gasteiger partial charge in [0.25, 0.3) is 0 Å². The second kappa shape index (κ2) is 10.7. The largest absolute Gasteiger partial charge is 0.487 e. The Kier molecular flexibility index (Phi) is 7.18. The fraction of sp³-hybridized carbons (Fsp3) is 0.217. The molecule has 5 rings (SSSR count). The lowest BCUT2D eigenvalue weighted by atomic mass is 10.1. The predicted molar refractivity (Wildman–Crippen MR) is 135 cm³/mol. The zero-order valence-corrected chi connectivity index (χ0v) is 21.4. The highest BCUT2D eigenvalue weighted by atomic mass is 35.5. The summed E-state index contributed by atoms with van der Waals surface area (Å²) in [6.07, 6.45) is 0.623. The number of halogens is 2. The number of nitrogens with one attached hydrogen (secondary N) is 1. The number of anilines is 1. The topological polar surface area (TPSA) is 155 Å². The summed E-state index contributed by atoms with van der Waals surface area (Å²) in [5.41, 5.74) is 3.20. The summed E-state index contributed by atoms with van der Waals surface area (Å²) >= 11 is 7.59. The Morgan fingerprint density at radius 2 is 2.05 bits per heavy atom. The molecule has 0 saturated carbocycles. The van der Waals surface area contributed by atoms with Gasteiger partial charge in [0.05, 0.1) is 29.0 Å². The number of hydrogen-bond acceptors (Lipinski definition) is 12. The average molecular weight is 561 g/mol. The minimum Gasteiger partial charge on any atom is -0.487 e. The number of hydrogen-bond donors (Lipinski definition) is 2. The van der Waals surface area contributed by atoms with Crippen molar-refractivity contribution in [3.63, 3.8) is 0 Å². The Labute approximate surface area is 222 Å². The van der Waals surface area contributed by atoms with E-state index in [1.54, 1.807) is 0 Å². The normalized spacial score (nSPS) is 11.2.